The Labute approximate surface area is 115 Å². The molecule has 3 nitrogen and oxygen atoms in total. The fraction of sp³-hybridized carbons (Fsp3) is 0.267. The normalized spacial score (nSPS) is 15.8. The summed E-state index contributed by atoms with van der Waals surface area (Å²) in [4.78, 5) is 8.29. The summed E-state index contributed by atoms with van der Waals surface area (Å²) in [6, 6.07) is 8.44. The Bertz CT molecular complexity index is 737. The molecule has 1 saturated heterocycles. The van der Waals surface area contributed by atoms with Gasteiger partial charge in [-0.25, -0.2) is 4.98 Å². The first kappa shape index (κ1) is 11.2. The SMILES string of the molecule is Cc1[nH]c2ccccc2c1-c1nc(C2CNC2)cs1. The highest BCUT2D eigenvalue weighted by Gasteiger charge is 2.22. The molecule has 96 valence electrons. The lowest BCUT2D eigenvalue weighted by Gasteiger charge is -2.25. The maximum atomic E-state index is 4.84. The van der Waals surface area contributed by atoms with E-state index < -0.39 is 0 Å². The lowest BCUT2D eigenvalue weighted by atomic mass is 10.0. The second-order valence-electron chi connectivity index (χ2n) is 5.10. The van der Waals surface area contributed by atoms with Gasteiger partial charge in [0.2, 0.25) is 0 Å². The highest BCUT2D eigenvalue weighted by atomic mass is 32.1. The average molecular weight is 269 g/mol. The monoisotopic (exact) mass is 269 g/mol. The number of aromatic nitrogens is 2. The first-order chi connectivity index (χ1) is 9.33. The van der Waals surface area contributed by atoms with Crippen molar-refractivity contribution in [1.29, 1.82) is 0 Å². The van der Waals surface area contributed by atoms with Crippen molar-refractivity contribution in [3.8, 4) is 10.6 Å². The average Bonchev–Trinajstić information content (AvgIpc) is 2.90. The van der Waals surface area contributed by atoms with Crippen LogP contribution in [0.5, 0.6) is 0 Å². The first-order valence-electron chi connectivity index (χ1n) is 6.57. The topological polar surface area (TPSA) is 40.7 Å². The molecule has 2 aromatic heterocycles. The van der Waals surface area contributed by atoms with E-state index in [4.69, 9.17) is 4.98 Å². The van der Waals surface area contributed by atoms with Gasteiger partial charge in [0.15, 0.2) is 0 Å². The predicted octanol–water partition coefficient (Wildman–Crippen LogP) is 3.29. The molecule has 2 N–H and O–H groups in total. The number of rotatable bonds is 2. The zero-order chi connectivity index (χ0) is 12.8. The minimum absolute atomic E-state index is 0.607. The molecule has 0 saturated carbocycles. The van der Waals surface area contributed by atoms with Crippen LogP contribution in [0.3, 0.4) is 0 Å². The van der Waals surface area contributed by atoms with Crippen LogP contribution in [0, 0.1) is 6.92 Å². The molecule has 4 heteroatoms. The zero-order valence-corrected chi connectivity index (χ0v) is 11.6. The molecule has 1 aliphatic heterocycles. The van der Waals surface area contributed by atoms with Crippen LogP contribution in [-0.2, 0) is 0 Å². The Hall–Kier alpha value is -1.65. The highest BCUT2D eigenvalue weighted by molar-refractivity contribution is 7.13. The van der Waals surface area contributed by atoms with Gasteiger partial charge in [0.1, 0.15) is 5.01 Å². The van der Waals surface area contributed by atoms with E-state index in [0.717, 1.165) is 18.1 Å². The fourth-order valence-corrected chi connectivity index (χ4v) is 3.66. The summed E-state index contributed by atoms with van der Waals surface area (Å²) in [5.74, 6) is 0.607. The molecule has 0 amide bonds. The highest BCUT2D eigenvalue weighted by Crippen LogP contribution is 2.35. The molecule has 0 spiro atoms. The van der Waals surface area contributed by atoms with Gasteiger partial charge in [-0.3, -0.25) is 0 Å². The third kappa shape index (κ3) is 1.71. The number of H-pyrrole nitrogens is 1. The number of thiazole rings is 1. The number of para-hydroxylation sites is 1. The van der Waals surface area contributed by atoms with Crippen LogP contribution in [-0.4, -0.2) is 23.1 Å². The number of aryl methyl sites for hydroxylation is 1. The summed E-state index contributed by atoms with van der Waals surface area (Å²) in [5.41, 5.74) is 4.90. The number of hydrogen-bond donors (Lipinski definition) is 2. The maximum absolute atomic E-state index is 4.84. The van der Waals surface area contributed by atoms with Gasteiger partial charge in [-0.2, -0.15) is 0 Å². The quantitative estimate of drug-likeness (QED) is 0.749. The fourth-order valence-electron chi connectivity index (χ4n) is 2.64. The van der Waals surface area contributed by atoms with E-state index >= 15 is 0 Å². The van der Waals surface area contributed by atoms with Crippen molar-refractivity contribution in [1.82, 2.24) is 15.3 Å². The van der Waals surface area contributed by atoms with E-state index in [1.54, 1.807) is 11.3 Å². The van der Waals surface area contributed by atoms with Crippen molar-refractivity contribution in [2.75, 3.05) is 13.1 Å². The summed E-state index contributed by atoms with van der Waals surface area (Å²) < 4.78 is 0. The van der Waals surface area contributed by atoms with Crippen LogP contribution in [0.25, 0.3) is 21.5 Å². The summed E-state index contributed by atoms with van der Waals surface area (Å²) in [7, 11) is 0. The Morgan fingerprint density at radius 1 is 1.26 bits per heavy atom. The van der Waals surface area contributed by atoms with Gasteiger partial charge in [0, 0.05) is 46.5 Å². The van der Waals surface area contributed by atoms with Gasteiger partial charge < -0.3 is 10.3 Å². The second-order valence-corrected chi connectivity index (χ2v) is 5.96. The third-order valence-electron chi connectivity index (χ3n) is 3.83. The smallest absolute Gasteiger partial charge is 0.126 e. The molecule has 3 heterocycles. The van der Waals surface area contributed by atoms with E-state index in [1.165, 1.54) is 27.9 Å². The van der Waals surface area contributed by atoms with Crippen molar-refractivity contribution in [2.24, 2.45) is 0 Å². The van der Waals surface area contributed by atoms with E-state index in [0.29, 0.717) is 5.92 Å². The molecule has 4 rings (SSSR count). The summed E-state index contributed by atoms with van der Waals surface area (Å²) in [6.45, 7) is 4.26. The molecule has 1 aliphatic rings. The molecule has 0 unspecified atom stereocenters. The van der Waals surface area contributed by atoms with Crippen LogP contribution in [0.2, 0.25) is 0 Å². The van der Waals surface area contributed by atoms with E-state index in [2.05, 4.69) is 46.9 Å². The number of benzene rings is 1. The van der Waals surface area contributed by atoms with E-state index in [-0.39, 0.29) is 0 Å². The largest absolute Gasteiger partial charge is 0.358 e. The molecular weight excluding hydrogens is 254 g/mol. The molecule has 1 aromatic carbocycles. The van der Waals surface area contributed by atoms with Gasteiger partial charge >= 0.3 is 0 Å². The van der Waals surface area contributed by atoms with Gasteiger partial charge in [0.25, 0.3) is 0 Å². The summed E-state index contributed by atoms with van der Waals surface area (Å²) in [6.07, 6.45) is 0. The number of fused-ring (bicyclic) bond motifs is 1. The number of hydrogen-bond acceptors (Lipinski definition) is 3. The van der Waals surface area contributed by atoms with Crippen molar-refractivity contribution in [2.45, 2.75) is 12.8 Å². The number of nitrogens with zero attached hydrogens (tertiary/aromatic N) is 1. The predicted molar refractivity (Wildman–Crippen MR) is 79.8 cm³/mol. The van der Waals surface area contributed by atoms with Gasteiger partial charge in [-0.15, -0.1) is 11.3 Å². The Balaban J connectivity index is 1.85. The van der Waals surface area contributed by atoms with Crippen molar-refractivity contribution in [3.63, 3.8) is 0 Å². The Kier molecular flexibility index (Phi) is 2.47. The van der Waals surface area contributed by atoms with Gasteiger partial charge in [0.05, 0.1) is 5.69 Å². The molecule has 19 heavy (non-hydrogen) atoms. The second kappa shape index (κ2) is 4.18. The van der Waals surface area contributed by atoms with Gasteiger partial charge in [-0.1, -0.05) is 18.2 Å². The van der Waals surface area contributed by atoms with Crippen molar-refractivity contribution < 1.29 is 0 Å². The first-order valence-corrected chi connectivity index (χ1v) is 7.44. The molecule has 1 fully saturated rings. The standard InChI is InChI=1S/C15H15N3S/c1-9-14(11-4-2-3-5-12(11)17-9)15-18-13(8-19-15)10-6-16-7-10/h2-5,8,10,16-17H,6-7H2,1H3. The molecule has 3 aromatic rings. The lowest BCUT2D eigenvalue weighted by molar-refractivity contribution is 0.441. The minimum atomic E-state index is 0.607. The third-order valence-corrected chi connectivity index (χ3v) is 4.71. The van der Waals surface area contributed by atoms with Crippen molar-refractivity contribution >= 4 is 22.2 Å². The van der Waals surface area contributed by atoms with Crippen LogP contribution < -0.4 is 5.32 Å². The molecule has 0 aliphatic carbocycles. The molecule has 0 bridgehead atoms. The molecule has 0 atom stereocenters. The molecule has 0 radical (unpaired) electrons. The Morgan fingerprint density at radius 2 is 2.11 bits per heavy atom. The van der Waals surface area contributed by atoms with Crippen LogP contribution >= 0.6 is 11.3 Å². The zero-order valence-electron chi connectivity index (χ0n) is 10.7. The summed E-state index contributed by atoms with van der Waals surface area (Å²) >= 11 is 1.75. The van der Waals surface area contributed by atoms with Crippen LogP contribution in [0.1, 0.15) is 17.3 Å². The maximum Gasteiger partial charge on any atom is 0.126 e. The van der Waals surface area contributed by atoms with Crippen LogP contribution in [0.4, 0.5) is 0 Å². The Morgan fingerprint density at radius 3 is 2.89 bits per heavy atom. The summed E-state index contributed by atoms with van der Waals surface area (Å²) in [5, 5.41) is 7.92. The number of aromatic amines is 1. The minimum Gasteiger partial charge on any atom is -0.358 e. The van der Waals surface area contributed by atoms with Crippen LogP contribution in [0.15, 0.2) is 29.6 Å². The van der Waals surface area contributed by atoms with E-state index in [9.17, 15) is 0 Å². The number of nitrogens with one attached hydrogen (secondary N) is 2. The van der Waals surface area contributed by atoms with E-state index in [1.807, 2.05) is 0 Å². The van der Waals surface area contributed by atoms with Gasteiger partial charge in [-0.05, 0) is 13.0 Å². The lowest BCUT2D eigenvalue weighted by Crippen LogP contribution is -2.40. The molecular formula is C15H15N3S. The van der Waals surface area contributed by atoms with Crippen molar-refractivity contribution in [3.05, 3.63) is 41.0 Å².